The fourth-order valence-electron chi connectivity index (χ4n) is 3.84. The minimum absolute atomic E-state index is 0.199. The lowest BCUT2D eigenvalue weighted by Crippen LogP contribution is -2.29. The van der Waals surface area contributed by atoms with Crippen molar-refractivity contribution in [3.8, 4) is 11.5 Å². The first-order valence-electron chi connectivity index (χ1n) is 10.9. The van der Waals surface area contributed by atoms with Gasteiger partial charge in [0, 0.05) is 29.6 Å². The van der Waals surface area contributed by atoms with Gasteiger partial charge in [0.2, 0.25) is 0 Å². The molecule has 3 aromatic rings. The molecule has 4 rings (SSSR count). The monoisotopic (exact) mass is 508 g/mol. The maximum atomic E-state index is 14.2. The van der Waals surface area contributed by atoms with Crippen molar-refractivity contribution >= 4 is 43.8 Å². The highest BCUT2D eigenvalue weighted by Gasteiger charge is 2.19. The minimum Gasteiger partial charge on any atom is -0.493 e. The molecular formula is C23H26ClFN4O4S. The van der Waals surface area contributed by atoms with Gasteiger partial charge in [-0.05, 0) is 43.7 Å². The van der Waals surface area contributed by atoms with Gasteiger partial charge in [0.05, 0.1) is 36.4 Å². The predicted octanol–water partition coefficient (Wildman–Crippen LogP) is 4.06. The summed E-state index contributed by atoms with van der Waals surface area (Å²) in [6.45, 7) is 2.49. The Bertz CT molecular complexity index is 1280. The summed E-state index contributed by atoms with van der Waals surface area (Å²) in [4.78, 5) is 10.7. The maximum Gasteiger partial charge on any atom is 0.162 e. The quantitative estimate of drug-likeness (QED) is 0.455. The Hall–Kier alpha value is -2.69. The molecule has 2 aromatic carbocycles. The largest absolute Gasteiger partial charge is 0.493 e. The van der Waals surface area contributed by atoms with Crippen molar-refractivity contribution in [1.82, 2.24) is 14.9 Å². The second kappa shape index (κ2) is 10.7. The summed E-state index contributed by atoms with van der Waals surface area (Å²) in [6.07, 6.45) is 2.77. The number of ether oxygens (including phenoxy) is 2. The SMILES string of the molecule is COc1cc2ncnc(Nc3cc(Cl)ccc3F)c2cc1OCCCN1CCCS(=O)(=O)CC1. The molecule has 1 aromatic heterocycles. The highest BCUT2D eigenvalue weighted by molar-refractivity contribution is 7.91. The smallest absolute Gasteiger partial charge is 0.162 e. The molecule has 0 radical (unpaired) electrons. The van der Waals surface area contributed by atoms with Crippen molar-refractivity contribution in [3.63, 3.8) is 0 Å². The Morgan fingerprint density at radius 1 is 1.15 bits per heavy atom. The molecule has 34 heavy (non-hydrogen) atoms. The molecular weight excluding hydrogens is 483 g/mol. The minimum atomic E-state index is -2.93. The number of aromatic nitrogens is 2. The Morgan fingerprint density at radius 2 is 2.00 bits per heavy atom. The molecule has 0 aliphatic carbocycles. The molecule has 0 saturated carbocycles. The maximum absolute atomic E-state index is 14.2. The zero-order valence-corrected chi connectivity index (χ0v) is 20.3. The fraction of sp³-hybridized carbons (Fsp3) is 0.391. The molecule has 1 aliphatic rings. The van der Waals surface area contributed by atoms with Crippen molar-refractivity contribution in [2.24, 2.45) is 0 Å². The summed E-state index contributed by atoms with van der Waals surface area (Å²) in [5, 5.41) is 4.01. The Morgan fingerprint density at radius 3 is 2.82 bits per heavy atom. The van der Waals surface area contributed by atoms with Crippen LogP contribution in [0.25, 0.3) is 10.9 Å². The highest BCUT2D eigenvalue weighted by atomic mass is 35.5. The molecule has 0 bridgehead atoms. The van der Waals surface area contributed by atoms with E-state index < -0.39 is 15.7 Å². The molecule has 1 N–H and O–H groups in total. The number of fused-ring (bicyclic) bond motifs is 1. The van der Waals surface area contributed by atoms with E-state index in [1.54, 1.807) is 19.2 Å². The van der Waals surface area contributed by atoms with Crippen LogP contribution in [-0.4, -0.2) is 68.1 Å². The van der Waals surface area contributed by atoms with Gasteiger partial charge < -0.3 is 19.7 Å². The predicted molar refractivity (Wildman–Crippen MR) is 131 cm³/mol. The number of hydrogen-bond acceptors (Lipinski definition) is 8. The van der Waals surface area contributed by atoms with Crippen LogP contribution in [0.5, 0.6) is 11.5 Å². The van der Waals surface area contributed by atoms with Crippen LogP contribution < -0.4 is 14.8 Å². The van der Waals surface area contributed by atoms with Gasteiger partial charge in [-0.3, -0.25) is 0 Å². The van der Waals surface area contributed by atoms with Gasteiger partial charge in [-0.2, -0.15) is 0 Å². The second-order valence-electron chi connectivity index (χ2n) is 8.04. The zero-order valence-electron chi connectivity index (χ0n) is 18.8. The first kappa shape index (κ1) is 24.4. The number of anilines is 2. The second-order valence-corrected chi connectivity index (χ2v) is 10.8. The molecule has 1 fully saturated rings. The number of nitrogens with one attached hydrogen (secondary N) is 1. The number of halogens is 2. The molecule has 182 valence electrons. The normalized spacial score (nSPS) is 16.2. The van der Waals surface area contributed by atoms with Gasteiger partial charge in [0.25, 0.3) is 0 Å². The van der Waals surface area contributed by atoms with Gasteiger partial charge in [-0.25, -0.2) is 22.8 Å². The summed E-state index contributed by atoms with van der Waals surface area (Å²) in [7, 11) is -1.38. The van der Waals surface area contributed by atoms with Crippen molar-refractivity contribution in [1.29, 1.82) is 0 Å². The van der Waals surface area contributed by atoms with E-state index in [0.717, 1.165) is 19.5 Å². The third-order valence-corrected chi connectivity index (χ3v) is 7.58. The molecule has 0 unspecified atom stereocenters. The average molecular weight is 509 g/mol. The summed E-state index contributed by atoms with van der Waals surface area (Å²) in [5.41, 5.74) is 0.806. The van der Waals surface area contributed by atoms with Crippen LogP contribution in [0, 0.1) is 5.82 Å². The van der Waals surface area contributed by atoms with Gasteiger partial charge in [0.1, 0.15) is 18.0 Å². The molecule has 8 nitrogen and oxygen atoms in total. The number of sulfone groups is 1. The van der Waals surface area contributed by atoms with Crippen LogP contribution in [0.2, 0.25) is 5.02 Å². The van der Waals surface area contributed by atoms with E-state index >= 15 is 0 Å². The molecule has 0 amide bonds. The molecule has 1 saturated heterocycles. The van der Waals surface area contributed by atoms with E-state index in [2.05, 4.69) is 20.2 Å². The number of methoxy groups -OCH3 is 1. The Balaban J connectivity index is 1.47. The molecule has 2 heterocycles. The summed E-state index contributed by atoms with van der Waals surface area (Å²) in [5.74, 6) is 1.44. The van der Waals surface area contributed by atoms with E-state index in [1.807, 2.05) is 0 Å². The topological polar surface area (TPSA) is 93.7 Å². The Labute approximate surface area is 203 Å². The van der Waals surface area contributed by atoms with E-state index in [9.17, 15) is 12.8 Å². The summed E-state index contributed by atoms with van der Waals surface area (Å²) in [6, 6.07) is 7.75. The molecule has 1 aliphatic heterocycles. The van der Waals surface area contributed by atoms with Gasteiger partial charge in [0.15, 0.2) is 21.3 Å². The Kier molecular flexibility index (Phi) is 7.70. The standard InChI is InChI=1S/C23H26ClFN4O4S/c1-32-21-14-19-17(23(27-15-26-19)28-20-12-16(24)4-5-18(20)25)13-22(21)33-9-2-6-29-7-3-10-34(30,31)11-8-29/h4-5,12-15H,2-3,6-11H2,1H3,(H,26,27,28). The van der Waals surface area contributed by atoms with Gasteiger partial charge in [-0.1, -0.05) is 11.6 Å². The molecule has 11 heteroatoms. The summed E-state index contributed by atoms with van der Waals surface area (Å²) >= 11 is 6.01. The van der Waals surface area contributed by atoms with Crippen LogP contribution in [-0.2, 0) is 9.84 Å². The molecule has 0 atom stereocenters. The summed E-state index contributed by atoms with van der Waals surface area (Å²) < 4.78 is 49.3. The van der Waals surface area contributed by atoms with E-state index in [-0.39, 0.29) is 17.2 Å². The number of hydrogen-bond donors (Lipinski definition) is 1. The van der Waals surface area contributed by atoms with Crippen molar-refractivity contribution in [2.75, 3.05) is 50.2 Å². The van der Waals surface area contributed by atoms with E-state index in [0.29, 0.717) is 52.8 Å². The molecule has 0 spiro atoms. The number of benzene rings is 2. The number of nitrogens with zero attached hydrogens (tertiary/aromatic N) is 3. The van der Waals surface area contributed by atoms with Crippen molar-refractivity contribution < 1.29 is 22.3 Å². The van der Waals surface area contributed by atoms with Crippen LogP contribution in [0.1, 0.15) is 12.8 Å². The van der Waals surface area contributed by atoms with Crippen molar-refractivity contribution in [2.45, 2.75) is 12.8 Å². The first-order valence-corrected chi connectivity index (χ1v) is 13.1. The average Bonchev–Trinajstić information content (AvgIpc) is 2.99. The van der Waals surface area contributed by atoms with Crippen molar-refractivity contribution in [3.05, 3.63) is 47.5 Å². The third kappa shape index (κ3) is 6.05. The lowest BCUT2D eigenvalue weighted by atomic mass is 10.2. The van der Waals surface area contributed by atoms with E-state index in [1.165, 1.54) is 24.5 Å². The van der Waals surface area contributed by atoms with E-state index in [4.69, 9.17) is 21.1 Å². The third-order valence-electron chi connectivity index (χ3n) is 5.63. The zero-order chi connectivity index (χ0) is 24.1. The van der Waals surface area contributed by atoms with Crippen LogP contribution in [0.4, 0.5) is 15.9 Å². The lowest BCUT2D eigenvalue weighted by Gasteiger charge is -2.19. The van der Waals surface area contributed by atoms with Gasteiger partial charge >= 0.3 is 0 Å². The van der Waals surface area contributed by atoms with Crippen LogP contribution in [0.3, 0.4) is 0 Å². The first-order chi connectivity index (χ1) is 16.3. The highest BCUT2D eigenvalue weighted by Crippen LogP contribution is 2.35. The van der Waals surface area contributed by atoms with Crippen LogP contribution >= 0.6 is 11.6 Å². The fourth-order valence-corrected chi connectivity index (χ4v) is 5.32. The number of rotatable bonds is 8. The van der Waals surface area contributed by atoms with Crippen LogP contribution in [0.15, 0.2) is 36.7 Å². The lowest BCUT2D eigenvalue weighted by molar-refractivity contribution is 0.239. The van der Waals surface area contributed by atoms with Gasteiger partial charge in [-0.15, -0.1) is 0 Å².